The molecule has 0 N–H and O–H groups in total. The van der Waals surface area contributed by atoms with Crippen LogP contribution < -0.4 is 0 Å². The molecule has 0 aliphatic carbocycles. The molecule has 0 aliphatic rings. The number of thioether (sulfide) groups is 1. The molecule has 3 nitrogen and oxygen atoms in total. The Morgan fingerprint density at radius 2 is 1.77 bits per heavy atom. The Morgan fingerprint density at radius 1 is 0.962 bits per heavy atom. The van der Waals surface area contributed by atoms with Crippen LogP contribution in [0.5, 0.6) is 0 Å². The van der Waals surface area contributed by atoms with Gasteiger partial charge in [-0.1, -0.05) is 58.2 Å². The fourth-order valence-electron chi connectivity index (χ4n) is 2.84. The fourth-order valence-corrected chi connectivity index (χ4v) is 4.74. The lowest BCUT2D eigenvalue weighted by atomic mass is 10.1. The average Bonchev–Trinajstić information content (AvgIpc) is 3.00. The highest BCUT2D eigenvalue weighted by atomic mass is 35.5. The van der Waals surface area contributed by atoms with E-state index in [0.29, 0.717) is 25.8 Å². The van der Waals surface area contributed by atoms with Crippen LogP contribution in [0.2, 0.25) is 20.1 Å². The highest BCUT2D eigenvalue weighted by Gasteiger charge is 2.14. The number of pyridine rings is 1. The van der Waals surface area contributed by atoms with Crippen molar-refractivity contribution in [3.63, 3.8) is 0 Å². The SMILES string of the molecule is Cc1cc2nnc(SCc3cc(Cl)cc(Cl)c3Cl)n2c2ccc(Cl)cc12. The Kier molecular flexibility index (Phi) is 4.97. The van der Waals surface area contributed by atoms with Crippen LogP contribution in [-0.4, -0.2) is 14.6 Å². The van der Waals surface area contributed by atoms with Gasteiger partial charge in [0.05, 0.1) is 15.6 Å². The Balaban J connectivity index is 1.78. The first-order chi connectivity index (χ1) is 12.4. The van der Waals surface area contributed by atoms with E-state index in [9.17, 15) is 0 Å². The van der Waals surface area contributed by atoms with Crippen molar-refractivity contribution in [2.45, 2.75) is 17.8 Å². The third-order valence-electron chi connectivity index (χ3n) is 4.05. The zero-order chi connectivity index (χ0) is 18.4. The molecule has 4 aromatic rings. The summed E-state index contributed by atoms with van der Waals surface area (Å²) in [6.07, 6.45) is 0. The van der Waals surface area contributed by atoms with Crippen molar-refractivity contribution in [3.8, 4) is 0 Å². The zero-order valence-electron chi connectivity index (χ0n) is 13.4. The lowest BCUT2D eigenvalue weighted by Gasteiger charge is -2.09. The van der Waals surface area contributed by atoms with Crippen LogP contribution in [0.25, 0.3) is 16.6 Å². The molecule has 0 spiro atoms. The smallest absolute Gasteiger partial charge is 0.196 e. The molecule has 8 heteroatoms. The third kappa shape index (κ3) is 3.25. The fraction of sp³-hybridized carbons (Fsp3) is 0.111. The second-order valence-electron chi connectivity index (χ2n) is 5.81. The van der Waals surface area contributed by atoms with Crippen LogP contribution in [0, 0.1) is 6.92 Å². The molecule has 0 saturated carbocycles. The van der Waals surface area contributed by atoms with E-state index in [2.05, 4.69) is 10.2 Å². The first kappa shape index (κ1) is 18.2. The molecular formula is C18H11Cl4N3S. The van der Waals surface area contributed by atoms with E-state index < -0.39 is 0 Å². The monoisotopic (exact) mass is 441 g/mol. The minimum atomic E-state index is 0.441. The van der Waals surface area contributed by atoms with Gasteiger partial charge in [0, 0.05) is 21.2 Å². The van der Waals surface area contributed by atoms with E-state index in [0.717, 1.165) is 32.8 Å². The lowest BCUT2D eigenvalue weighted by Crippen LogP contribution is -1.94. The predicted octanol–water partition coefficient (Wildman–Crippen LogP) is 7.10. The summed E-state index contributed by atoms with van der Waals surface area (Å²) in [4.78, 5) is 0. The summed E-state index contributed by atoms with van der Waals surface area (Å²) >= 11 is 26.2. The molecule has 4 rings (SSSR count). The van der Waals surface area contributed by atoms with Crippen molar-refractivity contribution in [1.82, 2.24) is 14.6 Å². The molecule has 0 amide bonds. The Hall–Kier alpha value is -1.17. The van der Waals surface area contributed by atoms with Gasteiger partial charge in [0.25, 0.3) is 0 Å². The highest BCUT2D eigenvalue weighted by molar-refractivity contribution is 7.98. The first-order valence-corrected chi connectivity index (χ1v) is 10.1. The van der Waals surface area contributed by atoms with Crippen molar-refractivity contribution in [2.24, 2.45) is 0 Å². The Labute approximate surface area is 174 Å². The molecule has 2 heterocycles. The normalized spacial score (nSPS) is 11.6. The van der Waals surface area contributed by atoms with Gasteiger partial charge in [0.1, 0.15) is 0 Å². The summed E-state index contributed by atoms with van der Waals surface area (Å²) in [6, 6.07) is 11.2. The molecule has 0 radical (unpaired) electrons. The second-order valence-corrected chi connectivity index (χ2v) is 8.41. The van der Waals surface area contributed by atoms with Crippen molar-refractivity contribution >= 4 is 74.7 Å². The Bertz CT molecular complexity index is 1160. The van der Waals surface area contributed by atoms with E-state index in [-0.39, 0.29) is 0 Å². The first-order valence-electron chi connectivity index (χ1n) is 7.64. The molecule has 26 heavy (non-hydrogen) atoms. The summed E-state index contributed by atoms with van der Waals surface area (Å²) < 4.78 is 2.02. The molecule has 0 aliphatic heterocycles. The maximum Gasteiger partial charge on any atom is 0.196 e. The van der Waals surface area contributed by atoms with Crippen molar-refractivity contribution in [2.75, 3.05) is 0 Å². The van der Waals surface area contributed by atoms with Gasteiger partial charge in [0.2, 0.25) is 0 Å². The quantitative estimate of drug-likeness (QED) is 0.250. The van der Waals surface area contributed by atoms with Crippen LogP contribution in [0.3, 0.4) is 0 Å². The summed E-state index contributed by atoms with van der Waals surface area (Å²) in [5, 5.41) is 12.7. The van der Waals surface area contributed by atoms with E-state index >= 15 is 0 Å². The summed E-state index contributed by atoms with van der Waals surface area (Å²) in [7, 11) is 0. The molecule has 0 atom stereocenters. The van der Waals surface area contributed by atoms with E-state index in [4.69, 9.17) is 46.4 Å². The minimum absolute atomic E-state index is 0.441. The van der Waals surface area contributed by atoms with E-state index in [1.54, 1.807) is 6.07 Å². The average molecular weight is 443 g/mol. The summed E-state index contributed by atoms with van der Waals surface area (Å²) in [6.45, 7) is 2.04. The molecule has 0 saturated heterocycles. The molecule has 0 fully saturated rings. The summed E-state index contributed by atoms with van der Waals surface area (Å²) in [5.74, 6) is 0.572. The maximum absolute atomic E-state index is 6.30. The number of aromatic nitrogens is 3. The van der Waals surface area contributed by atoms with Gasteiger partial charge in [-0.05, 0) is 54.4 Å². The number of hydrogen-bond acceptors (Lipinski definition) is 3. The molecule has 0 unspecified atom stereocenters. The van der Waals surface area contributed by atoms with Gasteiger partial charge < -0.3 is 0 Å². The lowest BCUT2D eigenvalue weighted by molar-refractivity contribution is 0.939. The number of hydrogen-bond donors (Lipinski definition) is 0. The predicted molar refractivity (Wildman–Crippen MR) is 111 cm³/mol. The molecule has 0 bridgehead atoms. The molecule has 2 aromatic carbocycles. The number of fused-ring (bicyclic) bond motifs is 3. The zero-order valence-corrected chi connectivity index (χ0v) is 17.3. The topological polar surface area (TPSA) is 30.2 Å². The van der Waals surface area contributed by atoms with Crippen LogP contribution in [0.1, 0.15) is 11.1 Å². The van der Waals surface area contributed by atoms with Crippen LogP contribution in [0.15, 0.2) is 41.6 Å². The van der Waals surface area contributed by atoms with Crippen LogP contribution >= 0.6 is 58.2 Å². The minimum Gasteiger partial charge on any atom is -0.270 e. The largest absolute Gasteiger partial charge is 0.270 e. The summed E-state index contributed by atoms with van der Waals surface area (Å²) in [5.41, 5.74) is 3.75. The molecule has 2 aromatic heterocycles. The van der Waals surface area contributed by atoms with Crippen molar-refractivity contribution in [1.29, 1.82) is 0 Å². The molecular weight excluding hydrogens is 432 g/mol. The van der Waals surface area contributed by atoms with Gasteiger partial charge in [-0.3, -0.25) is 4.40 Å². The number of nitrogens with zero attached hydrogens (tertiary/aromatic N) is 3. The standard InChI is InChI=1S/C18H11Cl4N3S/c1-9-4-16-23-24-18(25(16)15-3-2-11(19)6-13(9)15)26-8-10-5-12(20)7-14(21)17(10)22/h2-7H,8H2,1H3. The van der Waals surface area contributed by atoms with Gasteiger partial charge >= 0.3 is 0 Å². The van der Waals surface area contributed by atoms with Gasteiger partial charge in [-0.15, -0.1) is 10.2 Å². The number of benzene rings is 2. The van der Waals surface area contributed by atoms with E-state index in [1.807, 2.05) is 41.7 Å². The van der Waals surface area contributed by atoms with Gasteiger partial charge in [0.15, 0.2) is 10.8 Å². The third-order valence-corrected chi connectivity index (χ3v) is 6.33. The number of rotatable bonds is 3. The highest BCUT2D eigenvalue weighted by Crippen LogP contribution is 2.34. The van der Waals surface area contributed by atoms with Gasteiger partial charge in [-0.25, -0.2) is 0 Å². The maximum atomic E-state index is 6.30. The van der Waals surface area contributed by atoms with Crippen LogP contribution in [0.4, 0.5) is 0 Å². The molecule has 132 valence electrons. The number of halogens is 4. The number of aryl methyl sites for hydroxylation is 1. The second kappa shape index (κ2) is 7.10. The van der Waals surface area contributed by atoms with Crippen molar-refractivity contribution in [3.05, 3.63) is 67.6 Å². The van der Waals surface area contributed by atoms with Crippen LogP contribution in [-0.2, 0) is 5.75 Å². The van der Waals surface area contributed by atoms with Crippen molar-refractivity contribution < 1.29 is 0 Å². The van der Waals surface area contributed by atoms with Gasteiger partial charge in [-0.2, -0.15) is 0 Å². The van der Waals surface area contributed by atoms with E-state index in [1.165, 1.54) is 11.8 Å². The Morgan fingerprint density at radius 3 is 2.58 bits per heavy atom.